The summed E-state index contributed by atoms with van der Waals surface area (Å²) in [6, 6.07) is 16.1. The Labute approximate surface area is 105 Å². The van der Waals surface area contributed by atoms with Gasteiger partial charge in [0.2, 0.25) is 0 Å². The van der Waals surface area contributed by atoms with Crippen molar-refractivity contribution in [2.24, 2.45) is 5.73 Å². The van der Waals surface area contributed by atoms with E-state index in [9.17, 15) is 4.79 Å². The van der Waals surface area contributed by atoms with Crippen LogP contribution in [0.25, 0.3) is 0 Å². The highest BCUT2D eigenvalue weighted by molar-refractivity contribution is 6.30. The van der Waals surface area contributed by atoms with Crippen molar-refractivity contribution in [3.8, 4) is 0 Å². The highest BCUT2D eigenvalue weighted by Gasteiger charge is 2.01. The van der Waals surface area contributed by atoms with Gasteiger partial charge < -0.3 is 11.5 Å². The summed E-state index contributed by atoms with van der Waals surface area (Å²) in [5.74, 6) is -0.488. The molecule has 4 heteroatoms. The minimum atomic E-state index is -0.488. The van der Waals surface area contributed by atoms with E-state index in [-0.39, 0.29) is 0 Å². The van der Waals surface area contributed by atoms with E-state index in [2.05, 4.69) is 0 Å². The minimum Gasteiger partial charge on any atom is -0.398 e. The molecule has 0 spiro atoms. The van der Waals surface area contributed by atoms with Crippen molar-refractivity contribution in [3.63, 3.8) is 0 Å². The van der Waals surface area contributed by atoms with Crippen LogP contribution in [0.5, 0.6) is 0 Å². The Balaban J connectivity index is 0.000000181. The number of benzene rings is 2. The van der Waals surface area contributed by atoms with Crippen LogP contribution >= 0.6 is 11.6 Å². The maximum atomic E-state index is 10.6. The second-order valence-corrected chi connectivity index (χ2v) is 3.68. The van der Waals surface area contributed by atoms with Gasteiger partial charge in [0.05, 0.1) is 5.56 Å². The van der Waals surface area contributed by atoms with E-state index in [1.807, 2.05) is 30.3 Å². The average molecular weight is 249 g/mol. The second-order valence-electron chi connectivity index (χ2n) is 3.25. The molecular formula is C13H13ClN2O. The van der Waals surface area contributed by atoms with Crippen molar-refractivity contribution in [1.82, 2.24) is 0 Å². The number of carbonyl (C=O) groups is 1. The number of amides is 1. The van der Waals surface area contributed by atoms with E-state index in [1.165, 1.54) is 0 Å². The second kappa shape index (κ2) is 6.55. The monoisotopic (exact) mass is 248 g/mol. The van der Waals surface area contributed by atoms with Gasteiger partial charge in [-0.05, 0) is 24.3 Å². The maximum Gasteiger partial charge on any atom is 0.250 e. The molecule has 2 aromatic carbocycles. The summed E-state index contributed by atoms with van der Waals surface area (Å²) in [6.45, 7) is 0. The topological polar surface area (TPSA) is 69.1 Å². The van der Waals surface area contributed by atoms with Crippen LogP contribution in [0.4, 0.5) is 5.69 Å². The van der Waals surface area contributed by atoms with Crippen molar-refractivity contribution >= 4 is 23.2 Å². The molecule has 0 unspecified atom stereocenters. The van der Waals surface area contributed by atoms with E-state index in [0.717, 1.165) is 5.02 Å². The zero-order valence-corrected chi connectivity index (χ0v) is 9.89. The number of anilines is 1. The Morgan fingerprint density at radius 1 is 0.941 bits per heavy atom. The molecule has 0 aliphatic heterocycles. The molecule has 0 saturated carbocycles. The molecule has 0 saturated heterocycles. The molecule has 0 aliphatic rings. The van der Waals surface area contributed by atoms with Crippen LogP contribution in [-0.4, -0.2) is 5.91 Å². The fourth-order valence-corrected chi connectivity index (χ4v) is 1.28. The molecule has 0 atom stereocenters. The molecule has 0 fully saturated rings. The molecule has 4 N–H and O–H groups in total. The summed E-state index contributed by atoms with van der Waals surface area (Å²) in [5, 5.41) is 0.794. The predicted molar refractivity (Wildman–Crippen MR) is 70.8 cm³/mol. The van der Waals surface area contributed by atoms with E-state index in [4.69, 9.17) is 23.1 Å². The SMILES string of the molecule is Clc1ccccc1.NC(=O)c1ccccc1N. The van der Waals surface area contributed by atoms with Gasteiger partial charge in [0, 0.05) is 10.7 Å². The highest BCUT2D eigenvalue weighted by atomic mass is 35.5. The van der Waals surface area contributed by atoms with Crippen LogP contribution in [0.2, 0.25) is 5.02 Å². The van der Waals surface area contributed by atoms with E-state index < -0.39 is 5.91 Å². The van der Waals surface area contributed by atoms with Gasteiger partial charge in [-0.15, -0.1) is 0 Å². The lowest BCUT2D eigenvalue weighted by molar-refractivity contribution is 0.100. The lowest BCUT2D eigenvalue weighted by Crippen LogP contribution is -2.12. The third-order valence-electron chi connectivity index (χ3n) is 1.96. The van der Waals surface area contributed by atoms with Gasteiger partial charge in [0.1, 0.15) is 0 Å². The molecule has 17 heavy (non-hydrogen) atoms. The van der Waals surface area contributed by atoms with Gasteiger partial charge in [-0.1, -0.05) is 41.9 Å². The predicted octanol–water partition coefficient (Wildman–Crippen LogP) is 2.71. The van der Waals surface area contributed by atoms with E-state index in [0.29, 0.717) is 11.3 Å². The molecule has 0 radical (unpaired) electrons. The maximum absolute atomic E-state index is 10.6. The van der Waals surface area contributed by atoms with E-state index >= 15 is 0 Å². The molecule has 3 nitrogen and oxygen atoms in total. The van der Waals surface area contributed by atoms with Gasteiger partial charge in [-0.25, -0.2) is 0 Å². The van der Waals surface area contributed by atoms with Gasteiger partial charge in [-0.3, -0.25) is 4.79 Å². The van der Waals surface area contributed by atoms with Crippen molar-refractivity contribution in [3.05, 3.63) is 65.2 Å². The van der Waals surface area contributed by atoms with Crippen LogP contribution in [0.15, 0.2) is 54.6 Å². The smallest absolute Gasteiger partial charge is 0.250 e. The first kappa shape index (κ1) is 13.1. The first-order chi connectivity index (χ1) is 8.11. The first-order valence-electron chi connectivity index (χ1n) is 4.96. The molecule has 88 valence electrons. The summed E-state index contributed by atoms with van der Waals surface area (Å²) < 4.78 is 0. The van der Waals surface area contributed by atoms with E-state index in [1.54, 1.807) is 24.3 Å². The van der Waals surface area contributed by atoms with Crippen LogP contribution in [0.1, 0.15) is 10.4 Å². The lowest BCUT2D eigenvalue weighted by atomic mass is 10.2. The number of nitrogen functional groups attached to an aromatic ring is 1. The fraction of sp³-hybridized carbons (Fsp3) is 0. The lowest BCUT2D eigenvalue weighted by Gasteiger charge is -1.97. The normalized spacial score (nSPS) is 9.00. The standard InChI is InChI=1S/C7H8N2O.C6H5Cl/c8-6-4-2-1-3-5(6)7(9)10;7-6-4-2-1-3-5-6/h1-4H,8H2,(H2,9,10);1-5H. The molecule has 0 aliphatic carbocycles. The Hall–Kier alpha value is -2.00. The zero-order valence-electron chi connectivity index (χ0n) is 9.14. The zero-order chi connectivity index (χ0) is 12.7. The van der Waals surface area contributed by atoms with Crippen molar-refractivity contribution in [2.45, 2.75) is 0 Å². The van der Waals surface area contributed by atoms with Gasteiger partial charge >= 0.3 is 0 Å². The third-order valence-corrected chi connectivity index (χ3v) is 2.21. The Bertz CT molecular complexity index is 486. The van der Waals surface area contributed by atoms with Gasteiger partial charge in [0.15, 0.2) is 0 Å². The number of halogens is 1. The molecule has 0 aromatic heterocycles. The summed E-state index contributed by atoms with van der Waals surface area (Å²) in [5.41, 5.74) is 11.2. The summed E-state index contributed by atoms with van der Waals surface area (Å²) in [6.07, 6.45) is 0. The molecule has 2 aromatic rings. The number of rotatable bonds is 1. The van der Waals surface area contributed by atoms with Crippen LogP contribution < -0.4 is 11.5 Å². The van der Waals surface area contributed by atoms with Crippen LogP contribution in [0.3, 0.4) is 0 Å². The third kappa shape index (κ3) is 4.57. The largest absolute Gasteiger partial charge is 0.398 e. The number of primary amides is 1. The fourth-order valence-electron chi connectivity index (χ4n) is 1.14. The molecule has 0 bridgehead atoms. The number of carbonyl (C=O) groups excluding carboxylic acids is 1. The Morgan fingerprint density at radius 3 is 1.82 bits per heavy atom. The van der Waals surface area contributed by atoms with Crippen molar-refractivity contribution < 1.29 is 4.79 Å². The van der Waals surface area contributed by atoms with Crippen LogP contribution in [0, 0.1) is 0 Å². The Morgan fingerprint density at radius 2 is 1.47 bits per heavy atom. The molecular weight excluding hydrogens is 236 g/mol. The highest BCUT2D eigenvalue weighted by Crippen LogP contribution is 2.08. The Kier molecular flexibility index (Phi) is 5.04. The molecule has 0 heterocycles. The number of nitrogens with two attached hydrogens (primary N) is 2. The van der Waals surface area contributed by atoms with Crippen LogP contribution in [-0.2, 0) is 0 Å². The average Bonchev–Trinajstić information content (AvgIpc) is 2.31. The summed E-state index contributed by atoms with van der Waals surface area (Å²) in [7, 11) is 0. The van der Waals surface area contributed by atoms with Gasteiger partial charge in [-0.2, -0.15) is 0 Å². The number of hydrogen-bond donors (Lipinski definition) is 2. The summed E-state index contributed by atoms with van der Waals surface area (Å²) >= 11 is 5.54. The summed E-state index contributed by atoms with van der Waals surface area (Å²) in [4.78, 5) is 10.6. The quantitative estimate of drug-likeness (QED) is 0.762. The molecule has 2 rings (SSSR count). The number of para-hydroxylation sites is 1. The number of hydrogen-bond acceptors (Lipinski definition) is 2. The first-order valence-corrected chi connectivity index (χ1v) is 5.34. The van der Waals surface area contributed by atoms with Gasteiger partial charge in [0.25, 0.3) is 5.91 Å². The van der Waals surface area contributed by atoms with Crippen molar-refractivity contribution in [1.29, 1.82) is 0 Å². The van der Waals surface area contributed by atoms with Crippen molar-refractivity contribution in [2.75, 3.05) is 5.73 Å². The molecule has 1 amide bonds. The minimum absolute atomic E-state index is 0.377.